The Bertz CT molecular complexity index is 412. The Balaban J connectivity index is 2.94. The van der Waals surface area contributed by atoms with Crippen molar-refractivity contribution in [1.82, 2.24) is 0 Å². The summed E-state index contributed by atoms with van der Waals surface area (Å²) < 4.78 is 0.664. The lowest BCUT2D eigenvalue weighted by Crippen LogP contribution is -2.26. The van der Waals surface area contributed by atoms with Crippen LogP contribution in [0.2, 0.25) is 0 Å². The molecular formula is C11H15BrN2O3. The van der Waals surface area contributed by atoms with Gasteiger partial charge in [0, 0.05) is 23.2 Å². The lowest BCUT2D eigenvalue weighted by molar-refractivity contribution is -0.384. The normalized spacial score (nSPS) is 14.1. The van der Waals surface area contributed by atoms with Gasteiger partial charge < -0.3 is 10.4 Å². The fourth-order valence-corrected chi connectivity index (χ4v) is 1.67. The molecule has 0 bridgehead atoms. The zero-order valence-electron chi connectivity index (χ0n) is 9.68. The summed E-state index contributed by atoms with van der Waals surface area (Å²) in [7, 11) is 0. The van der Waals surface area contributed by atoms with Crippen molar-refractivity contribution in [3.8, 4) is 0 Å². The van der Waals surface area contributed by atoms with Gasteiger partial charge in [-0.15, -0.1) is 0 Å². The lowest BCUT2D eigenvalue weighted by atomic mass is 10.0. The van der Waals surface area contributed by atoms with E-state index in [-0.39, 0.29) is 24.3 Å². The van der Waals surface area contributed by atoms with Crippen LogP contribution in [0.15, 0.2) is 22.7 Å². The van der Waals surface area contributed by atoms with Gasteiger partial charge in [0.1, 0.15) is 5.69 Å². The minimum atomic E-state index is -0.427. The van der Waals surface area contributed by atoms with Crippen LogP contribution in [0.25, 0.3) is 0 Å². The molecule has 0 fully saturated rings. The molecule has 1 rings (SSSR count). The highest BCUT2D eigenvalue weighted by Gasteiger charge is 2.18. The fourth-order valence-electron chi connectivity index (χ4n) is 1.32. The number of aliphatic hydroxyl groups excluding tert-OH is 1. The molecule has 2 atom stereocenters. The molecule has 2 unspecified atom stereocenters. The molecule has 0 spiro atoms. The summed E-state index contributed by atoms with van der Waals surface area (Å²) in [6.45, 7) is 3.80. The van der Waals surface area contributed by atoms with Crippen LogP contribution >= 0.6 is 15.9 Å². The maximum Gasteiger partial charge on any atom is 0.293 e. The number of rotatable bonds is 5. The summed E-state index contributed by atoms with van der Waals surface area (Å²) in [4.78, 5) is 10.5. The highest BCUT2D eigenvalue weighted by Crippen LogP contribution is 2.29. The molecule has 1 aromatic carbocycles. The topological polar surface area (TPSA) is 75.4 Å². The summed E-state index contributed by atoms with van der Waals surface area (Å²) in [6.07, 6.45) is 0. The Hall–Kier alpha value is -1.14. The van der Waals surface area contributed by atoms with Crippen LogP contribution in [-0.2, 0) is 0 Å². The van der Waals surface area contributed by atoms with Gasteiger partial charge in [0.05, 0.1) is 4.92 Å². The summed E-state index contributed by atoms with van der Waals surface area (Å²) in [5.41, 5.74) is 0.488. The van der Waals surface area contributed by atoms with Gasteiger partial charge in [-0.25, -0.2) is 0 Å². The molecule has 94 valence electrons. The van der Waals surface area contributed by atoms with Crippen molar-refractivity contribution in [3.05, 3.63) is 32.8 Å². The highest BCUT2D eigenvalue weighted by atomic mass is 79.9. The fraction of sp³-hybridized carbons (Fsp3) is 0.455. The van der Waals surface area contributed by atoms with Gasteiger partial charge in [0.2, 0.25) is 0 Å². The van der Waals surface area contributed by atoms with E-state index in [4.69, 9.17) is 5.11 Å². The molecular weight excluding hydrogens is 288 g/mol. The van der Waals surface area contributed by atoms with E-state index in [9.17, 15) is 10.1 Å². The van der Waals surface area contributed by atoms with Crippen LogP contribution in [0.5, 0.6) is 0 Å². The number of nitrogens with one attached hydrogen (secondary N) is 1. The Morgan fingerprint density at radius 2 is 2.18 bits per heavy atom. The van der Waals surface area contributed by atoms with Crippen molar-refractivity contribution in [2.24, 2.45) is 5.92 Å². The summed E-state index contributed by atoms with van der Waals surface area (Å²) in [6, 6.07) is 4.81. The number of hydrogen-bond donors (Lipinski definition) is 2. The molecule has 0 aliphatic rings. The third-order valence-corrected chi connectivity index (χ3v) is 3.17. The summed E-state index contributed by atoms with van der Waals surface area (Å²) >= 11 is 3.20. The number of nitro groups is 1. The van der Waals surface area contributed by atoms with E-state index >= 15 is 0 Å². The number of nitrogens with zero attached hydrogens (tertiary/aromatic N) is 1. The van der Waals surface area contributed by atoms with Crippen LogP contribution in [0.3, 0.4) is 0 Å². The molecule has 1 aromatic rings. The van der Waals surface area contributed by atoms with Crippen LogP contribution in [-0.4, -0.2) is 22.7 Å². The van der Waals surface area contributed by atoms with Crippen molar-refractivity contribution in [2.45, 2.75) is 19.9 Å². The van der Waals surface area contributed by atoms with Gasteiger partial charge in [0.15, 0.2) is 0 Å². The second-order valence-corrected chi connectivity index (χ2v) is 4.93. The molecule has 17 heavy (non-hydrogen) atoms. The van der Waals surface area contributed by atoms with Crippen LogP contribution in [0, 0.1) is 16.0 Å². The number of halogens is 1. The van der Waals surface area contributed by atoms with Crippen LogP contribution in [0.4, 0.5) is 11.4 Å². The second-order valence-electron chi connectivity index (χ2n) is 4.01. The van der Waals surface area contributed by atoms with Gasteiger partial charge in [-0.1, -0.05) is 22.9 Å². The molecule has 0 saturated heterocycles. The molecule has 0 aromatic heterocycles. The summed E-state index contributed by atoms with van der Waals surface area (Å²) in [5, 5.41) is 23.0. The molecule has 5 nitrogen and oxygen atoms in total. The molecule has 0 radical (unpaired) electrons. The van der Waals surface area contributed by atoms with Crippen molar-refractivity contribution in [2.75, 3.05) is 11.9 Å². The van der Waals surface area contributed by atoms with Gasteiger partial charge in [-0.3, -0.25) is 10.1 Å². The van der Waals surface area contributed by atoms with Gasteiger partial charge in [0.25, 0.3) is 5.69 Å². The van der Waals surface area contributed by atoms with Crippen LogP contribution in [0.1, 0.15) is 13.8 Å². The maximum absolute atomic E-state index is 10.9. The first-order chi connectivity index (χ1) is 7.95. The predicted molar refractivity (Wildman–Crippen MR) is 70.1 cm³/mol. The minimum absolute atomic E-state index is 0.0244. The average molecular weight is 303 g/mol. The second kappa shape index (κ2) is 5.97. The molecule has 2 N–H and O–H groups in total. The summed E-state index contributed by atoms with van der Waals surface area (Å²) in [5.74, 6) is 0.0262. The van der Waals surface area contributed by atoms with Gasteiger partial charge >= 0.3 is 0 Å². The molecule has 0 heterocycles. The molecule has 0 aliphatic carbocycles. The van der Waals surface area contributed by atoms with E-state index in [1.54, 1.807) is 12.1 Å². The van der Waals surface area contributed by atoms with E-state index in [1.807, 2.05) is 13.8 Å². The SMILES string of the molecule is CC(CO)C(C)Nc1ccc(Br)cc1[N+](=O)[O-]. The maximum atomic E-state index is 10.9. The Kier molecular flexibility index (Phi) is 4.89. The Morgan fingerprint density at radius 1 is 1.53 bits per heavy atom. The van der Waals surface area contributed by atoms with Crippen molar-refractivity contribution >= 4 is 27.3 Å². The average Bonchev–Trinajstić information content (AvgIpc) is 2.29. The number of hydrogen-bond acceptors (Lipinski definition) is 4. The third-order valence-electron chi connectivity index (χ3n) is 2.68. The first-order valence-electron chi connectivity index (χ1n) is 5.27. The first kappa shape index (κ1) is 13.9. The van der Waals surface area contributed by atoms with Crippen molar-refractivity contribution < 1.29 is 10.0 Å². The monoisotopic (exact) mass is 302 g/mol. The number of aliphatic hydroxyl groups is 1. The highest BCUT2D eigenvalue weighted by molar-refractivity contribution is 9.10. The van der Waals surface area contributed by atoms with Crippen molar-refractivity contribution in [1.29, 1.82) is 0 Å². The van der Waals surface area contributed by atoms with Gasteiger partial charge in [-0.05, 0) is 25.0 Å². The largest absolute Gasteiger partial charge is 0.396 e. The van der Waals surface area contributed by atoms with Crippen molar-refractivity contribution in [3.63, 3.8) is 0 Å². The number of anilines is 1. The number of nitro benzene ring substituents is 1. The number of benzene rings is 1. The first-order valence-corrected chi connectivity index (χ1v) is 6.06. The zero-order chi connectivity index (χ0) is 13.0. The van der Waals surface area contributed by atoms with Crippen LogP contribution < -0.4 is 5.32 Å². The Morgan fingerprint density at radius 3 is 2.71 bits per heavy atom. The van der Waals surface area contributed by atoms with E-state index in [0.717, 1.165) is 0 Å². The standard InChI is InChI=1S/C11H15BrN2O3/c1-7(6-15)8(2)13-10-4-3-9(12)5-11(10)14(16)17/h3-5,7-8,13,15H,6H2,1-2H3. The predicted octanol–water partition coefficient (Wildman–Crippen LogP) is 2.79. The quantitative estimate of drug-likeness (QED) is 0.648. The minimum Gasteiger partial charge on any atom is -0.396 e. The molecule has 0 aliphatic heterocycles. The molecule has 0 amide bonds. The zero-order valence-corrected chi connectivity index (χ0v) is 11.3. The Labute approximate surface area is 108 Å². The van der Waals surface area contributed by atoms with E-state index < -0.39 is 4.92 Å². The lowest BCUT2D eigenvalue weighted by Gasteiger charge is -2.20. The van der Waals surface area contributed by atoms with E-state index in [2.05, 4.69) is 21.2 Å². The smallest absolute Gasteiger partial charge is 0.293 e. The van der Waals surface area contributed by atoms with Gasteiger partial charge in [-0.2, -0.15) is 0 Å². The molecule has 6 heteroatoms. The molecule has 0 saturated carbocycles. The third kappa shape index (κ3) is 3.67. The van der Waals surface area contributed by atoms with E-state index in [1.165, 1.54) is 6.07 Å². The van der Waals surface area contributed by atoms with E-state index in [0.29, 0.717) is 10.2 Å².